The van der Waals surface area contributed by atoms with Gasteiger partial charge in [0.05, 0.1) is 24.4 Å². The molecule has 5 nitrogen and oxygen atoms in total. The Kier molecular flexibility index (Phi) is 11.3. The van der Waals surface area contributed by atoms with Gasteiger partial charge < -0.3 is 20.3 Å². The second-order valence-corrected chi connectivity index (χ2v) is 9.44. The molecule has 8 heteroatoms. The predicted molar refractivity (Wildman–Crippen MR) is 130 cm³/mol. The summed E-state index contributed by atoms with van der Waals surface area (Å²) in [5, 5.41) is 23.7. The van der Waals surface area contributed by atoms with Gasteiger partial charge >= 0.3 is 6.18 Å². The second kappa shape index (κ2) is 13.7. The van der Waals surface area contributed by atoms with Crippen molar-refractivity contribution in [1.82, 2.24) is 5.32 Å². The minimum atomic E-state index is -4.42. The fourth-order valence-electron chi connectivity index (χ4n) is 4.28. The van der Waals surface area contributed by atoms with Crippen LogP contribution in [0.2, 0.25) is 0 Å². The Morgan fingerprint density at radius 3 is 2.63 bits per heavy atom. The number of nitrogens with one attached hydrogen (secondary N) is 1. The topological polar surface area (TPSA) is 78.8 Å². The molecule has 1 saturated carbocycles. The molecular formula is C27H38F3NO4. The molecule has 0 unspecified atom stereocenters. The van der Waals surface area contributed by atoms with Crippen LogP contribution in [0.1, 0.15) is 52.0 Å². The maximum absolute atomic E-state index is 12.9. The molecule has 0 saturated heterocycles. The molecule has 3 N–H and O–H groups in total. The summed E-state index contributed by atoms with van der Waals surface area (Å²) in [5.41, 5.74) is -0.754. The summed E-state index contributed by atoms with van der Waals surface area (Å²) < 4.78 is 44.1. The Bertz CT molecular complexity index is 855. The first-order chi connectivity index (χ1) is 16.5. The minimum Gasteiger partial charge on any atom is -0.493 e. The molecule has 35 heavy (non-hydrogen) atoms. The zero-order valence-corrected chi connectivity index (χ0v) is 20.7. The zero-order valence-electron chi connectivity index (χ0n) is 20.7. The van der Waals surface area contributed by atoms with Crippen LogP contribution >= 0.6 is 0 Å². The fraction of sp³-hybridized carbons (Fsp3) is 0.593. The van der Waals surface area contributed by atoms with Gasteiger partial charge in [-0.2, -0.15) is 13.2 Å². The van der Waals surface area contributed by atoms with Gasteiger partial charge in [0.2, 0.25) is 5.91 Å². The van der Waals surface area contributed by atoms with E-state index >= 15 is 0 Å². The highest BCUT2D eigenvalue weighted by Crippen LogP contribution is 2.37. The molecule has 1 amide bonds. The van der Waals surface area contributed by atoms with Gasteiger partial charge in [0.15, 0.2) is 0 Å². The van der Waals surface area contributed by atoms with Crippen LogP contribution in [0.15, 0.2) is 48.6 Å². The van der Waals surface area contributed by atoms with Gasteiger partial charge in [-0.3, -0.25) is 4.79 Å². The third kappa shape index (κ3) is 9.68. The fourth-order valence-corrected chi connectivity index (χ4v) is 4.28. The maximum Gasteiger partial charge on any atom is 0.416 e. The van der Waals surface area contributed by atoms with E-state index in [1.807, 2.05) is 45.1 Å². The smallest absolute Gasteiger partial charge is 0.416 e. The number of halogens is 3. The predicted octanol–water partition coefficient (Wildman–Crippen LogP) is 5.13. The lowest BCUT2D eigenvalue weighted by Gasteiger charge is -2.20. The summed E-state index contributed by atoms with van der Waals surface area (Å²) in [6.45, 7) is 6.62. The van der Waals surface area contributed by atoms with Crippen molar-refractivity contribution >= 4 is 5.91 Å². The largest absolute Gasteiger partial charge is 0.493 e. The molecule has 1 aromatic rings. The van der Waals surface area contributed by atoms with E-state index in [-0.39, 0.29) is 41.9 Å². The highest BCUT2D eigenvalue weighted by Gasteiger charge is 2.39. The molecule has 196 valence electrons. The second-order valence-electron chi connectivity index (χ2n) is 9.44. The van der Waals surface area contributed by atoms with Gasteiger partial charge in [0.25, 0.3) is 0 Å². The number of alkyl halides is 3. The molecule has 0 radical (unpaired) electrons. The molecule has 6 atom stereocenters. The number of ether oxygens (including phenoxy) is 1. The normalized spacial score (nSPS) is 24.7. The number of aliphatic hydroxyl groups is 2. The first-order valence-corrected chi connectivity index (χ1v) is 12.3. The molecule has 1 aliphatic carbocycles. The molecule has 1 aliphatic rings. The van der Waals surface area contributed by atoms with E-state index in [0.29, 0.717) is 25.8 Å². The molecule has 0 spiro atoms. The molecule has 2 rings (SSSR count). The number of carbonyl (C=O) groups is 1. The lowest BCUT2D eigenvalue weighted by atomic mass is 9.89. The minimum absolute atomic E-state index is 0.0402. The van der Waals surface area contributed by atoms with E-state index in [0.717, 1.165) is 18.6 Å². The molecular weight excluding hydrogens is 459 g/mol. The molecule has 1 fully saturated rings. The van der Waals surface area contributed by atoms with E-state index in [4.69, 9.17) is 4.74 Å². The van der Waals surface area contributed by atoms with Crippen LogP contribution in [0, 0.1) is 23.7 Å². The van der Waals surface area contributed by atoms with Gasteiger partial charge in [-0.05, 0) is 49.8 Å². The number of hydrogen-bond donors (Lipinski definition) is 3. The summed E-state index contributed by atoms with van der Waals surface area (Å²) in [6, 6.07) is 4.78. The summed E-state index contributed by atoms with van der Waals surface area (Å²) >= 11 is 0. The van der Waals surface area contributed by atoms with Crippen molar-refractivity contribution in [2.45, 2.75) is 64.8 Å². The maximum atomic E-state index is 12.9. The van der Waals surface area contributed by atoms with Crippen LogP contribution in [-0.2, 0) is 11.0 Å². The lowest BCUT2D eigenvalue weighted by Crippen LogP contribution is -2.22. The molecule has 0 aliphatic heterocycles. The number of benzene rings is 1. The summed E-state index contributed by atoms with van der Waals surface area (Å²) in [4.78, 5) is 11.6. The van der Waals surface area contributed by atoms with Crippen LogP contribution < -0.4 is 10.1 Å². The quantitative estimate of drug-likeness (QED) is 0.350. The van der Waals surface area contributed by atoms with E-state index in [9.17, 15) is 28.2 Å². The summed E-state index contributed by atoms with van der Waals surface area (Å²) in [5.74, 6) is -0.0387. The van der Waals surface area contributed by atoms with Gasteiger partial charge in [-0.15, -0.1) is 0 Å². The van der Waals surface area contributed by atoms with Crippen molar-refractivity contribution in [1.29, 1.82) is 0 Å². The first-order valence-electron chi connectivity index (χ1n) is 12.3. The monoisotopic (exact) mass is 497 g/mol. The SMILES string of the molecule is CCNC(=O)CC[C@@H](C)/C=C\C[C@@H]1[C@@H](/C=C/[C@@H](C)COc2cccc(C(F)(F)F)c2)[C@H](O)C[C@@H]1O. The average Bonchev–Trinajstić information content (AvgIpc) is 3.06. The van der Waals surface area contributed by atoms with Crippen molar-refractivity contribution in [2.75, 3.05) is 13.2 Å². The van der Waals surface area contributed by atoms with E-state index in [2.05, 4.69) is 5.32 Å². The highest BCUT2D eigenvalue weighted by molar-refractivity contribution is 5.75. The first kappa shape index (κ1) is 28.9. The van der Waals surface area contributed by atoms with Crippen LogP contribution in [0.5, 0.6) is 5.75 Å². The number of allylic oxidation sites excluding steroid dienone is 2. The summed E-state index contributed by atoms with van der Waals surface area (Å²) in [6.07, 6.45) is 4.24. The van der Waals surface area contributed by atoms with Gasteiger partial charge in [-0.1, -0.05) is 44.2 Å². The van der Waals surface area contributed by atoms with Crippen LogP contribution in [0.4, 0.5) is 13.2 Å². The van der Waals surface area contributed by atoms with Gasteiger partial charge in [0, 0.05) is 31.2 Å². The molecule has 0 aromatic heterocycles. The Hall–Kier alpha value is -2.32. The Balaban J connectivity index is 1.88. The van der Waals surface area contributed by atoms with E-state index < -0.39 is 23.9 Å². The van der Waals surface area contributed by atoms with Crippen LogP contribution in [0.25, 0.3) is 0 Å². The summed E-state index contributed by atoms with van der Waals surface area (Å²) in [7, 11) is 0. The van der Waals surface area contributed by atoms with Crippen molar-refractivity contribution in [2.24, 2.45) is 23.7 Å². The lowest BCUT2D eigenvalue weighted by molar-refractivity contribution is -0.137. The Morgan fingerprint density at radius 1 is 1.20 bits per heavy atom. The standard InChI is InChI=1S/C27H38F3NO4/c1-4-31-26(34)14-12-18(2)7-5-10-22-23(25(33)16-24(22)32)13-11-19(3)17-35-21-9-6-8-20(15-21)27(28,29)30/h5-9,11,13,15,18-19,22-25,32-33H,4,10,12,14,16-17H2,1-3H3,(H,31,34)/b7-5-,13-11+/t18-,19+,22+,23+,24-,25+/m0/s1. The highest BCUT2D eigenvalue weighted by atomic mass is 19.4. The van der Waals surface area contributed by atoms with Gasteiger partial charge in [0.1, 0.15) is 5.75 Å². The third-order valence-electron chi connectivity index (χ3n) is 6.33. The molecule has 0 heterocycles. The van der Waals surface area contributed by atoms with Crippen molar-refractivity contribution in [3.63, 3.8) is 0 Å². The van der Waals surface area contributed by atoms with Crippen molar-refractivity contribution in [3.05, 3.63) is 54.1 Å². The van der Waals surface area contributed by atoms with Crippen molar-refractivity contribution < 1.29 is 32.9 Å². The van der Waals surface area contributed by atoms with E-state index in [1.165, 1.54) is 12.1 Å². The Morgan fingerprint density at radius 2 is 1.94 bits per heavy atom. The molecule has 1 aromatic carbocycles. The average molecular weight is 498 g/mol. The number of aliphatic hydroxyl groups excluding tert-OH is 2. The number of amides is 1. The number of carbonyl (C=O) groups excluding carboxylic acids is 1. The van der Waals surface area contributed by atoms with Crippen molar-refractivity contribution in [3.8, 4) is 5.75 Å². The molecule has 0 bridgehead atoms. The zero-order chi connectivity index (χ0) is 26.0. The number of rotatable bonds is 12. The van der Waals surface area contributed by atoms with Gasteiger partial charge in [-0.25, -0.2) is 0 Å². The number of hydrogen-bond acceptors (Lipinski definition) is 4. The van der Waals surface area contributed by atoms with Crippen LogP contribution in [-0.4, -0.2) is 41.5 Å². The Labute approximate surface area is 206 Å². The third-order valence-corrected chi connectivity index (χ3v) is 6.33. The van der Waals surface area contributed by atoms with E-state index in [1.54, 1.807) is 0 Å². The van der Waals surface area contributed by atoms with Crippen LogP contribution in [0.3, 0.4) is 0 Å².